The van der Waals surface area contributed by atoms with E-state index in [1.807, 2.05) is 0 Å². The summed E-state index contributed by atoms with van der Waals surface area (Å²) in [6, 6.07) is 3.53. The number of hydrogen-bond donors (Lipinski definition) is 1. The van der Waals surface area contributed by atoms with Gasteiger partial charge in [-0.1, -0.05) is 0 Å². The number of hydrogen-bond acceptors (Lipinski definition) is 4. The van der Waals surface area contributed by atoms with Gasteiger partial charge in [0.05, 0.1) is 6.20 Å². The highest BCUT2D eigenvalue weighted by Gasteiger charge is 2.04. The van der Waals surface area contributed by atoms with E-state index in [1.165, 1.54) is 0 Å². The third-order valence-corrected chi connectivity index (χ3v) is 1.69. The predicted molar refractivity (Wildman–Crippen MR) is 49.6 cm³/mol. The second-order valence-electron chi connectivity index (χ2n) is 2.67. The Bertz CT molecular complexity index is 444. The van der Waals surface area contributed by atoms with Gasteiger partial charge >= 0.3 is 0 Å². The molecule has 0 fully saturated rings. The molecule has 2 N–H and O–H groups in total. The molecule has 2 aromatic heterocycles. The Morgan fingerprint density at radius 3 is 2.79 bits per heavy atom. The van der Waals surface area contributed by atoms with Crippen LogP contribution in [0.2, 0.25) is 0 Å². The Morgan fingerprint density at radius 2 is 2.14 bits per heavy atom. The fourth-order valence-corrected chi connectivity index (χ4v) is 1.01. The molecule has 2 aromatic rings. The van der Waals surface area contributed by atoms with Crippen molar-refractivity contribution >= 4 is 5.82 Å². The number of nitrogens with two attached hydrogens (primary N) is 1. The number of aromatic nitrogens is 3. The maximum absolute atomic E-state index is 12.7. The first-order chi connectivity index (χ1) is 6.77. The smallest absolute Gasteiger partial charge is 0.183 e. The van der Waals surface area contributed by atoms with Crippen LogP contribution < -0.4 is 5.73 Å². The predicted octanol–water partition coefficient (Wildman–Crippen LogP) is 1.26. The number of rotatable bonds is 1. The van der Waals surface area contributed by atoms with Crippen molar-refractivity contribution < 1.29 is 4.39 Å². The van der Waals surface area contributed by atoms with Crippen LogP contribution in [0.3, 0.4) is 0 Å². The lowest BCUT2D eigenvalue weighted by molar-refractivity contribution is 0.620. The summed E-state index contributed by atoms with van der Waals surface area (Å²) in [6.07, 6.45) is 4.27. The molecule has 0 spiro atoms. The van der Waals surface area contributed by atoms with Crippen molar-refractivity contribution in [3.05, 3.63) is 36.5 Å². The van der Waals surface area contributed by atoms with E-state index in [2.05, 4.69) is 15.0 Å². The number of halogens is 1. The van der Waals surface area contributed by atoms with Crippen LogP contribution >= 0.6 is 0 Å². The Hall–Kier alpha value is -2.04. The molecular formula is C9H7FN4. The number of anilines is 1. The van der Waals surface area contributed by atoms with Crippen LogP contribution in [-0.4, -0.2) is 15.0 Å². The lowest BCUT2D eigenvalue weighted by atomic mass is 10.3. The van der Waals surface area contributed by atoms with E-state index >= 15 is 0 Å². The summed E-state index contributed by atoms with van der Waals surface area (Å²) in [4.78, 5) is 11.5. The summed E-state index contributed by atoms with van der Waals surface area (Å²) in [6.45, 7) is 0. The van der Waals surface area contributed by atoms with Gasteiger partial charge in [-0.25, -0.2) is 14.4 Å². The van der Waals surface area contributed by atoms with Gasteiger partial charge in [0.2, 0.25) is 0 Å². The summed E-state index contributed by atoms with van der Waals surface area (Å²) in [5, 5.41) is 0. The third-order valence-electron chi connectivity index (χ3n) is 1.69. The summed E-state index contributed by atoms with van der Waals surface area (Å²) in [5.74, 6) is -0.395. The Kier molecular flexibility index (Phi) is 2.06. The molecule has 0 aliphatic heterocycles. The average molecular weight is 190 g/mol. The van der Waals surface area contributed by atoms with Crippen molar-refractivity contribution in [2.75, 3.05) is 5.73 Å². The van der Waals surface area contributed by atoms with Gasteiger partial charge in [-0.05, 0) is 12.1 Å². The number of nitrogens with zero attached hydrogens (tertiary/aromatic N) is 3. The van der Waals surface area contributed by atoms with E-state index < -0.39 is 5.82 Å². The van der Waals surface area contributed by atoms with Gasteiger partial charge in [-0.15, -0.1) is 0 Å². The maximum atomic E-state index is 12.7. The molecule has 0 aliphatic carbocycles. The second kappa shape index (κ2) is 3.37. The highest BCUT2D eigenvalue weighted by atomic mass is 19.1. The topological polar surface area (TPSA) is 64.7 Å². The van der Waals surface area contributed by atoms with Gasteiger partial charge in [0.15, 0.2) is 17.5 Å². The zero-order chi connectivity index (χ0) is 9.97. The SMILES string of the molecule is Nc1nc(-c2cccnc2)ncc1F. The van der Waals surface area contributed by atoms with Crippen LogP contribution in [0.5, 0.6) is 0 Å². The van der Waals surface area contributed by atoms with Crippen LogP contribution in [0, 0.1) is 5.82 Å². The van der Waals surface area contributed by atoms with Gasteiger partial charge in [0, 0.05) is 18.0 Å². The van der Waals surface area contributed by atoms with Gasteiger partial charge < -0.3 is 5.73 Å². The second-order valence-corrected chi connectivity index (χ2v) is 2.67. The standard InChI is InChI=1S/C9H7FN4/c10-7-5-13-9(14-8(7)11)6-2-1-3-12-4-6/h1-5H,(H2,11,13,14). The molecule has 0 unspecified atom stereocenters. The average Bonchev–Trinajstić information content (AvgIpc) is 2.23. The first kappa shape index (κ1) is 8.55. The lowest BCUT2D eigenvalue weighted by Crippen LogP contribution is -1.98. The van der Waals surface area contributed by atoms with Gasteiger partial charge in [-0.3, -0.25) is 4.98 Å². The molecule has 0 bridgehead atoms. The molecular weight excluding hydrogens is 183 g/mol. The van der Waals surface area contributed by atoms with Crippen molar-refractivity contribution in [2.45, 2.75) is 0 Å². The summed E-state index contributed by atoms with van der Waals surface area (Å²) in [7, 11) is 0. The number of nitrogen functional groups attached to an aromatic ring is 1. The van der Waals surface area contributed by atoms with Crippen molar-refractivity contribution in [1.29, 1.82) is 0 Å². The van der Waals surface area contributed by atoms with Gasteiger partial charge in [0.1, 0.15) is 0 Å². The largest absolute Gasteiger partial charge is 0.381 e. The fraction of sp³-hybridized carbons (Fsp3) is 0. The molecule has 0 amide bonds. The van der Waals surface area contributed by atoms with Crippen molar-refractivity contribution in [3.8, 4) is 11.4 Å². The molecule has 5 heteroatoms. The van der Waals surface area contributed by atoms with E-state index in [1.54, 1.807) is 24.5 Å². The summed E-state index contributed by atoms with van der Waals surface area (Å²) in [5.41, 5.74) is 6.02. The van der Waals surface area contributed by atoms with E-state index in [0.717, 1.165) is 6.20 Å². The zero-order valence-corrected chi connectivity index (χ0v) is 7.18. The minimum atomic E-state index is -0.613. The molecule has 0 aliphatic rings. The molecule has 4 nitrogen and oxygen atoms in total. The molecule has 2 heterocycles. The van der Waals surface area contributed by atoms with Crippen LogP contribution in [0.4, 0.5) is 10.2 Å². The Morgan fingerprint density at radius 1 is 1.29 bits per heavy atom. The monoisotopic (exact) mass is 190 g/mol. The summed E-state index contributed by atoms with van der Waals surface area (Å²) >= 11 is 0. The third kappa shape index (κ3) is 1.52. The van der Waals surface area contributed by atoms with E-state index in [0.29, 0.717) is 11.4 Å². The minimum Gasteiger partial charge on any atom is -0.381 e. The van der Waals surface area contributed by atoms with Gasteiger partial charge in [0.25, 0.3) is 0 Å². The Balaban J connectivity index is 2.48. The molecule has 2 rings (SSSR count). The van der Waals surface area contributed by atoms with Crippen LogP contribution in [0.15, 0.2) is 30.7 Å². The first-order valence-electron chi connectivity index (χ1n) is 3.96. The molecule has 0 saturated heterocycles. The molecule has 70 valence electrons. The summed E-state index contributed by atoms with van der Waals surface area (Å²) < 4.78 is 12.7. The maximum Gasteiger partial charge on any atom is 0.183 e. The zero-order valence-electron chi connectivity index (χ0n) is 7.18. The quantitative estimate of drug-likeness (QED) is 0.735. The highest BCUT2D eigenvalue weighted by molar-refractivity contribution is 5.54. The molecule has 0 saturated carbocycles. The first-order valence-corrected chi connectivity index (χ1v) is 3.96. The van der Waals surface area contributed by atoms with E-state index in [9.17, 15) is 4.39 Å². The van der Waals surface area contributed by atoms with Crippen molar-refractivity contribution in [1.82, 2.24) is 15.0 Å². The highest BCUT2D eigenvalue weighted by Crippen LogP contribution is 2.14. The van der Waals surface area contributed by atoms with Gasteiger partial charge in [-0.2, -0.15) is 0 Å². The lowest BCUT2D eigenvalue weighted by Gasteiger charge is -2.00. The van der Waals surface area contributed by atoms with Crippen LogP contribution in [0.25, 0.3) is 11.4 Å². The van der Waals surface area contributed by atoms with Crippen LogP contribution in [-0.2, 0) is 0 Å². The Labute approximate surface area is 79.7 Å². The van der Waals surface area contributed by atoms with E-state index in [-0.39, 0.29) is 5.82 Å². The van der Waals surface area contributed by atoms with Crippen LogP contribution in [0.1, 0.15) is 0 Å². The number of pyridine rings is 1. The molecule has 0 radical (unpaired) electrons. The van der Waals surface area contributed by atoms with E-state index in [4.69, 9.17) is 5.73 Å². The van der Waals surface area contributed by atoms with Crippen molar-refractivity contribution in [3.63, 3.8) is 0 Å². The minimum absolute atomic E-state index is 0.154. The fourth-order valence-electron chi connectivity index (χ4n) is 1.01. The normalized spacial score (nSPS) is 10.1. The molecule has 0 aromatic carbocycles. The molecule has 14 heavy (non-hydrogen) atoms. The molecule has 0 atom stereocenters. The van der Waals surface area contributed by atoms with Crippen molar-refractivity contribution in [2.24, 2.45) is 0 Å².